The fraction of sp³-hybridized carbons (Fsp3) is 1.00. The number of rotatable bonds is 6. The van der Waals surface area contributed by atoms with E-state index in [2.05, 4.69) is 9.47 Å². The van der Waals surface area contributed by atoms with E-state index >= 15 is 0 Å². The van der Waals surface area contributed by atoms with Gasteiger partial charge in [-0.1, -0.05) is 20.8 Å². The van der Waals surface area contributed by atoms with E-state index < -0.39 is 41.7 Å². The van der Waals surface area contributed by atoms with Crippen LogP contribution in [0.25, 0.3) is 0 Å². The maximum absolute atomic E-state index is 14.0. The molecule has 0 aliphatic heterocycles. The standard InChI is InChI=1S/C13H20F8O2/c1-7-9(5,6)12(18,19)23-13(20,21)10(14,11(15,16)17)22-8(2,3)4/h7H2,1-6H3. The molecule has 0 heterocycles. The van der Waals surface area contributed by atoms with Crippen molar-refractivity contribution in [1.29, 1.82) is 0 Å². The van der Waals surface area contributed by atoms with Crippen molar-refractivity contribution in [3.05, 3.63) is 0 Å². The number of ether oxygens (including phenoxy) is 2. The Morgan fingerprint density at radius 3 is 1.30 bits per heavy atom. The first-order chi connectivity index (χ1) is 9.72. The number of alkyl halides is 8. The molecule has 0 aromatic carbocycles. The quantitative estimate of drug-likeness (QED) is 0.569. The monoisotopic (exact) mass is 360 g/mol. The van der Waals surface area contributed by atoms with Crippen LogP contribution in [0.5, 0.6) is 0 Å². The summed E-state index contributed by atoms with van der Waals surface area (Å²) in [4.78, 5) is 0. The molecule has 23 heavy (non-hydrogen) atoms. The van der Waals surface area contributed by atoms with Gasteiger partial charge in [0.2, 0.25) is 0 Å². The van der Waals surface area contributed by atoms with E-state index in [0.29, 0.717) is 0 Å². The SMILES string of the molecule is CCC(C)(C)C(F)(F)OC(F)(F)C(F)(OC(C)(C)C)C(F)(F)F. The lowest BCUT2D eigenvalue weighted by Gasteiger charge is -2.41. The predicted octanol–water partition coefficient (Wildman–Crippen LogP) is 5.67. The zero-order valence-electron chi connectivity index (χ0n) is 13.5. The van der Waals surface area contributed by atoms with E-state index in [-0.39, 0.29) is 0 Å². The maximum Gasteiger partial charge on any atom is 0.458 e. The molecule has 0 saturated carbocycles. The lowest BCUT2D eigenvalue weighted by atomic mass is 9.89. The van der Waals surface area contributed by atoms with Gasteiger partial charge in [-0.25, -0.2) is 4.74 Å². The molecule has 0 rings (SSSR count). The van der Waals surface area contributed by atoms with E-state index in [1.54, 1.807) is 0 Å². The zero-order chi connectivity index (χ0) is 19.1. The van der Waals surface area contributed by atoms with Gasteiger partial charge in [0.1, 0.15) is 0 Å². The Bertz CT molecular complexity index is 411. The molecule has 0 N–H and O–H groups in total. The highest BCUT2D eigenvalue weighted by atomic mass is 19.4. The highest BCUT2D eigenvalue weighted by Crippen LogP contribution is 2.53. The van der Waals surface area contributed by atoms with Gasteiger partial charge in [-0.15, -0.1) is 0 Å². The van der Waals surface area contributed by atoms with Gasteiger partial charge in [0, 0.05) is 0 Å². The molecule has 0 spiro atoms. The molecule has 0 aromatic heterocycles. The summed E-state index contributed by atoms with van der Waals surface area (Å²) >= 11 is 0. The molecule has 1 atom stereocenters. The first kappa shape index (κ1) is 22.4. The second kappa shape index (κ2) is 6.02. The minimum Gasteiger partial charge on any atom is -0.326 e. The molecule has 0 amide bonds. The molecule has 0 aromatic rings. The van der Waals surface area contributed by atoms with E-state index in [1.807, 2.05) is 0 Å². The number of hydrogen-bond donors (Lipinski definition) is 0. The first-order valence-electron chi connectivity index (χ1n) is 6.64. The first-order valence-corrected chi connectivity index (χ1v) is 6.64. The van der Waals surface area contributed by atoms with Crippen LogP contribution in [0.2, 0.25) is 0 Å². The molecule has 0 fully saturated rings. The number of halogens is 8. The Morgan fingerprint density at radius 1 is 0.652 bits per heavy atom. The highest BCUT2D eigenvalue weighted by Gasteiger charge is 2.78. The highest BCUT2D eigenvalue weighted by molar-refractivity contribution is 4.91. The van der Waals surface area contributed by atoms with Crippen molar-refractivity contribution in [1.82, 2.24) is 0 Å². The largest absolute Gasteiger partial charge is 0.458 e. The molecule has 140 valence electrons. The van der Waals surface area contributed by atoms with Crippen molar-refractivity contribution in [2.45, 2.75) is 77.8 Å². The third kappa shape index (κ3) is 4.68. The molecular formula is C13H20F8O2. The van der Waals surface area contributed by atoms with E-state index in [9.17, 15) is 35.1 Å². The van der Waals surface area contributed by atoms with Crippen molar-refractivity contribution in [2.24, 2.45) is 5.41 Å². The molecule has 0 radical (unpaired) electrons. The van der Waals surface area contributed by atoms with E-state index in [4.69, 9.17) is 0 Å². The van der Waals surface area contributed by atoms with Crippen LogP contribution < -0.4 is 0 Å². The molecule has 2 nitrogen and oxygen atoms in total. The molecule has 0 aliphatic carbocycles. The van der Waals surface area contributed by atoms with Gasteiger partial charge in [0.25, 0.3) is 0 Å². The van der Waals surface area contributed by atoms with Crippen molar-refractivity contribution >= 4 is 0 Å². The lowest BCUT2D eigenvalue weighted by Crippen LogP contribution is -2.63. The third-order valence-corrected chi connectivity index (χ3v) is 3.11. The molecule has 10 heteroatoms. The summed E-state index contributed by atoms with van der Waals surface area (Å²) < 4.78 is 114. The topological polar surface area (TPSA) is 18.5 Å². The summed E-state index contributed by atoms with van der Waals surface area (Å²) in [7, 11) is 0. The van der Waals surface area contributed by atoms with Crippen molar-refractivity contribution in [2.75, 3.05) is 0 Å². The van der Waals surface area contributed by atoms with E-state index in [1.165, 1.54) is 6.92 Å². The van der Waals surface area contributed by atoms with Crippen molar-refractivity contribution in [3.63, 3.8) is 0 Å². The van der Waals surface area contributed by atoms with Crippen LogP contribution in [0, 0.1) is 5.41 Å². The van der Waals surface area contributed by atoms with Gasteiger partial charge in [0.15, 0.2) is 0 Å². The van der Waals surface area contributed by atoms with Crippen LogP contribution in [-0.2, 0) is 9.47 Å². The van der Waals surface area contributed by atoms with Gasteiger partial charge in [-0.3, -0.25) is 0 Å². The Kier molecular flexibility index (Phi) is 5.85. The van der Waals surface area contributed by atoms with Gasteiger partial charge in [0.05, 0.1) is 11.0 Å². The Labute approximate surface area is 129 Å². The minimum atomic E-state index is -6.31. The molecular weight excluding hydrogens is 340 g/mol. The van der Waals surface area contributed by atoms with Crippen LogP contribution in [0.3, 0.4) is 0 Å². The average molecular weight is 360 g/mol. The molecule has 0 saturated heterocycles. The van der Waals surface area contributed by atoms with Crippen LogP contribution in [0.1, 0.15) is 48.0 Å². The summed E-state index contributed by atoms with van der Waals surface area (Å²) in [5, 5.41) is 0. The van der Waals surface area contributed by atoms with Crippen LogP contribution in [-0.4, -0.2) is 29.8 Å². The van der Waals surface area contributed by atoms with Crippen molar-refractivity contribution < 1.29 is 44.6 Å². The summed E-state index contributed by atoms with van der Waals surface area (Å²) in [5.74, 6) is -5.74. The average Bonchev–Trinajstić information content (AvgIpc) is 2.23. The predicted molar refractivity (Wildman–Crippen MR) is 65.8 cm³/mol. The summed E-state index contributed by atoms with van der Waals surface area (Å²) in [6.45, 7) is 5.35. The molecule has 0 aliphatic rings. The molecule has 0 bridgehead atoms. The fourth-order valence-corrected chi connectivity index (χ4v) is 1.27. The Hall–Kier alpha value is -0.640. The van der Waals surface area contributed by atoms with Crippen LogP contribution in [0.4, 0.5) is 35.1 Å². The third-order valence-electron chi connectivity index (χ3n) is 3.11. The van der Waals surface area contributed by atoms with E-state index in [0.717, 1.165) is 34.6 Å². The second-order valence-corrected chi connectivity index (χ2v) is 6.68. The number of hydrogen-bond acceptors (Lipinski definition) is 2. The van der Waals surface area contributed by atoms with Gasteiger partial charge in [-0.2, -0.15) is 35.1 Å². The minimum absolute atomic E-state index is 0.415. The Morgan fingerprint density at radius 2 is 1.04 bits per heavy atom. The van der Waals surface area contributed by atoms with Gasteiger partial charge in [-0.05, 0) is 27.2 Å². The maximum atomic E-state index is 14.0. The smallest absolute Gasteiger partial charge is 0.326 e. The molecule has 1 unspecified atom stereocenters. The zero-order valence-corrected chi connectivity index (χ0v) is 13.5. The van der Waals surface area contributed by atoms with Gasteiger partial charge < -0.3 is 4.74 Å². The van der Waals surface area contributed by atoms with Crippen molar-refractivity contribution in [3.8, 4) is 0 Å². The summed E-state index contributed by atoms with van der Waals surface area (Å²) in [5.41, 5.74) is -4.31. The van der Waals surface area contributed by atoms with Gasteiger partial charge >= 0.3 is 24.2 Å². The normalized spacial score (nSPS) is 18.0. The summed E-state index contributed by atoms with van der Waals surface area (Å²) in [6, 6.07) is 0. The van der Waals surface area contributed by atoms with Crippen LogP contribution >= 0.6 is 0 Å². The van der Waals surface area contributed by atoms with Crippen LogP contribution in [0.15, 0.2) is 0 Å². The fourth-order valence-electron chi connectivity index (χ4n) is 1.27. The second-order valence-electron chi connectivity index (χ2n) is 6.68. The Balaban J connectivity index is 5.89. The summed E-state index contributed by atoms with van der Waals surface area (Å²) in [6.07, 6.45) is -17.4. The lowest BCUT2D eigenvalue weighted by molar-refractivity contribution is -0.515.